The zero-order chi connectivity index (χ0) is 40.3. The van der Waals surface area contributed by atoms with Crippen molar-refractivity contribution in [2.24, 2.45) is 0 Å². The van der Waals surface area contributed by atoms with E-state index in [1.165, 1.54) is 0 Å². The van der Waals surface area contributed by atoms with Crippen molar-refractivity contribution in [3.63, 3.8) is 0 Å². The first-order chi connectivity index (χ1) is 28.3. The van der Waals surface area contributed by atoms with Gasteiger partial charge in [0.25, 0.3) is 0 Å². The largest absolute Gasteiger partial charge is 0 e. The Labute approximate surface area is 351 Å². The van der Waals surface area contributed by atoms with Crippen LogP contribution in [0.25, 0.3) is 90.9 Å². The van der Waals surface area contributed by atoms with E-state index >= 15 is 0 Å². The van der Waals surface area contributed by atoms with Crippen LogP contribution >= 0.6 is 0 Å². The maximum atomic E-state index is 7.50. The maximum absolute atomic E-state index is 7.50. The summed E-state index contributed by atoms with van der Waals surface area (Å²) >= 11 is -0.533. The van der Waals surface area contributed by atoms with E-state index in [2.05, 4.69) is 203 Å². The Bertz CT molecular complexity index is 2570. The number of fused-ring (bicyclic) bond motifs is 4. The molecule has 10 rings (SSSR count). The molecule has 2 aliphatic heterocycles. The monoisotopic (exact) mass is 810 g/mol. The van der Waals surface area contributed by atoms with Gasteiger partial charge in [-0.05, 0) is 0 Å². The summed E-state index contributed by atoms with van der Waals surface area (Å²) in [7, 11) is 0. The average molecular weight is 811 g/mol. The van der Waals surface area contributed by atoms with Gasteiger partial charge in [-0.15, -0.1) is 0 Å². The van der Waals surface area contributed by atoms with Crippen LogP contribution in [0.4, 0.5) is 0 Å². The molecule has 8 aromatic rings. The normalized spacial score (nSPS) is 10.5. The van der Waals surface area contributed by atoms with Crippen molar-refractivity contribution in [1.29, 1.82) is 0 Å². The molecule has 6 bridgehead atoms. The van der Waals surface area contributed by atoms with Crippen LogP contribution in [0.15, 0.2) is 146 Å². The third kappa shape index (κ3) is 7.88. The fourth-order valence-electron chi connectivity index (χ4n) is 7.48. The zero-order valence-electron chi connectivity index (χ0n) is 30.5. The van der Waals surface area contributed by atoms with E-state index in [9.17, 15) is 0 Å². The van der Waals surface area contributed by atoms with E-state index < -0.39 is 15.2 Å². The molecular weight excluding hydrogens is 782 g/mol. The van der Waals surface area contributed by atoms with E-state index in [1.807, 2.05) is 0 Å². The van der Waals surface area contributed by atoms with E-state index in [4.69, 9.17) is 28.6 Å². The molecule has 0 fully saturated rings. The van der Waals surface area contributed by atoms with Crippen molar-refractivity contribution >= 4 is 61.6 Å². The molecule has 0 amide bonds. The molecule has 2 aliphatic rings. The zero-order valence-corrected chi connectivity index (χ0v) is 32.7. The van der Waals surface area contributed by atoms with Gasteiger partial charge in [0.05, 0.1) is 0 Å². The van der Waals surface area contributed by atoms with Gasteiger partial charge in [-0.3, -0.25) is 0 Å². The van der Waals surface area contributed by atoms with Crippen molar-refractivity contribution in [3.05, 3.63) is 195 Å². The third-order valence-corrected chi connectivity index (χ3v) is 11.2. The third-order valence-electron chi connectivity index (χ3n) is 9.65. The van der Waals surface area contributed by atoms with E-state index in [-0.39, 0.29) is 16.8 Å². The quantitative estimate of drug-likeness (QED) is 0.100. The van der Waals surface area contributed by atoms with Crippen LogP contribution in [0.1, 0.15) is 22.8 Å². The van der Waals surface area contributed by atoms with E-state index in [1.54, 1.807) is 0 Å². The first-order valence-corrected chi connectivity index (χ1v) is 18.4. The molecule has 0 spiro atoms. The molecule has 0 N–H and O–H groups in total. The minimum atomic E-state index is -0.533. The Morgan fingerprint density at radius 3 is 0.741 bits per heavy atom. The van der Waals surface area contributed by atoms with Gasteiger partial charge in [0.15, 0.2) is 0 Å². The summed E-state index contributed by atoms with van der Waals surface area (Å²) < 4.78 is 35.1. The predicted molar refractivity (Wildman–Crippen MR) is 220 cm³/mol. The maximum Gasteiger partial charge on any atom is 0 e. The standard InChI is InChI=1S/C44H28N4.4CO.Al.Co/c1-5-13-29(14-6-1)41-33-21-23-35(45-33)42(30-15-7-2-8-16-30)37-25-27-39(47-37)44(32-19-11-4-12-20-32)40-28-26-38(48-40)43(31-17-9-3-10-18-31)36-24-22-34(41)46-36;4*1-2;;/h1-28H;;;;;;/q-2;;;;;+3;. The van der Waals surface area contributed by atoms with Gasteiger partial charge in [0.2, 0.25) is 0 Å². The average Bonchev–Trinajstić information content (AvgIpc) is 4.13. The molecule has 8 nitrogen and oxygen atoms in total. The minimum absolute atomic E-state index is 0. The Balaban J connectivity index is 0.000000673. The Morgan fingerprint density at radius 1 is 0.328 bits per heavy atom. The van der Waals surface area contributed by atoms with Crippen LogP contribution in [0.5, 0.6) is 0 Å². The fraction of sp³-hybridized carbons (Fsp3) is 0. The van der Waals surface area contributed by atoms with Gasteiger partial charge in [-0.2, -0.15) is 0 Å². The van der Waals surface area contributed by atoms with Crippen LogP contribution in [0.3, 0.4) is 0 Å². The number of hydrogen-bond donors (Lipinski definition) is 0. The second-order valence-corrected chi connectivity index (χ2v) is 13.7. The molecule has 4 aromatic heterocycles. The van der Waals surface area contributed by atoms with Gasteiger partial charge in [-0.1, -0.05) is 0 Å². The fourth-order valence-corrected chi connectivity index (χ4v) is 9.07. The minimum Gasteiger partial charge on any atom is 0 e. The first kappa shape index (κ1) is 42.6. The second kappa shape index (κ2) is 20.1. The van der Waals surface area contributed by atoms with Crippen molar-refractivity contribution < 1.29 is 35.4 Å². The molecule has 1 radical (unpaired) electrons. The topological polar surface area (TPSA) is 114 Å². The Hall–Kier alpha value is -6.52. The molecule has 10 heteroatoms. The van der Waals surface area contributed by atoms with Gasteiger partial charge in [-0.25, -0.2) is 0 Å². The smallest absolute Gasteiger partial charge is 0 e. The van der Waals surface area contributed by atoms with Crippen LogP contribution < -0.4 is 0 Å². The molecule has 6 heterocycles. The summed E-state index contributed by atoms with van der Waals surface area (Å²) in [4.78, 5) is 10.9. The molecule has 0 saturated carbocycles. The van der Waals surface area contributed by atoms with Crippen LogP contribution in [0, 0.1) is 26.6 Å². The van der Waals surface area contributed by atoms with E-state index in [0.29, 0.717) is 0 Å². The van der Waals surface area contributed by atoms with Gasteiger partial charge < -0.3 is 0 Å². The SMILES string of the molecule is C1=Cc2nc1c(-c1ccccc1)c1ccc3c(-c4ccccc4)c4nc(c(-c5ccccc5)c5ccc(c2-c2ccccc2)[n]5[Al+][n]13)C=C4.[C-]#[O+].[C-]#[O+].[C-]#[O+].[C-]#[O+].[Co]. The number of nitrogens with zero attached hydrogens (tertiary/aromatic N) is 4. The summed E-state index contributed by atoms with van der Waals surface area (Å²) in [5.74, 6) is 0. The summed E-state index contributed by atoms with van der Waals surface area (Å²) in [5.41, 5.74) is 17.6. The van der Waals surface area contributed by atoms with Gasteiger partial charge in [0, 0.05) is 16.8 Å². The number of rotatable bonds is 4. The molecule has 0 unspecified atom stereocenters. The van der Waals surface area contributed by atoms with Crippen molar-refractivity contribution in [3.8, 4) is 44.5 Å². The molecule has 0 aliphatic carbocycles. The molecule has 58 heavy (non-hydrogen) atoms. The van der Waals surface area contributed by atoms with Gasteiger partial charge >= 0.3 is 336 Å². The molecule has 275 valence electrons. The number of aromatic nitrogens is 4. The summed E-state index contributed by atoms with van der Waals surface area (Å²) in [6.45, 7) is 18.0. The summed E-state index contributed by atoms with van der Waals surface area (Å²) in [6.07, 6.45) is 8.77. The van der Waals surface area contributed by atoms with Crippen molar-refractivity contribution in [1.82, 2.24) is 16.7 Å². The summed E-state index contributed by atoms with van der Waals surface area (Å²) in [5, 5.41) is 0. The number of benzene rings is 4. The molecule has 0 atom stereocenters. The molecule has 4 aromatic carbocycles. The first-order valence-electron chi connectivity index (χ1n) is 17.4. The van der Waals surface area contributed by atoms with E-state index in [0.717, 1.165) is 89.4 Å². The van der Waals surface area contributed by atoms with Crippen LogP contribution in [-0.4, -0.2) is 31.9 Å². The Morgan fingerprint density at radius 2 is 0.534 bits per heavy atom. The molecular formula is C48H28AlCoN4O4+. The predicted octanol–water partition coefficient (Wildman–Crippen LogP) is 10.4. The van der Waals surface area contributed by atoms with Crippen molar-refractivity contribution in [2.75, 3.05) is 0 Å². The Kier molecular flexibility index (Phi) is 14.7. The summed E-state index contributed by atoms with van der Waals surface area (Å²) in [6, 6.07) is 52.0. The van der Waals surface area contributed by atoms with Gasteiger partial charge in [0.1, 0.15) is 0 Å². The second-order valence-electron chi connectivity index (χ2n) is 12.5. The number of hydrogen-bond acceptors (Lipinski definition) is 2. The van der Waals surface area contributed by atoms with Crippen molar-refractivity contribution in [2.45, 2.75) is 0 Å². The van der Waals surface area contributed by atoms with Crippen LogP contribution in [0.2, 0.25) is 0 Å². The van der Waals surface area contributed by atoms with Crippen LogP contribution in [-0.2, 0) is 35.4 Å². The molecule has 0 saturated heterocycles.